The summed E-state index contributed by atoms with van der Waals surface area (Å²) in [6.07, 6.45) is 0.363. The summed E-state index contributed by atoms with van der Waals surface area (Å²) in [6, 6.07) is 4.50. The van der Waals surface area contributed by atoms with E-state index in [-0.39, 0.29) is 29.8 Å². The second kappa shape index (κ2) is 14.4. The molecule has 2 aromatic rings. The fraction of sp³-hybridized carbons (Fsp3) is 0.613. The molecule has 2 fully saturated rings. The van der Waals surface area contributed by atoms with Gasteiger partial charge < -0.3 is 30.5 Å². The van der Waals surface area contributed by atoms with E-state index in [0.29, 0.717) is 42.9 Å². The number of carbonyl (C=O) groups excluding carboxylic acids is 2. The summed E-state index contributed by atoms with van der Waals surface area (Å²) < 4.78 is 47.8. The molecule has 44 heavy (non-hydrogen) atoms. The van der Waals surface area contributed by atoms with Crippen molar-refractivity contribution in [1.82, 2.24) is 25.1 Å². The summed E-state index contributed by atoms with van der Waals surface area (Å²) in [7, 11) is 3.87. The highest BCUT2D eigenvalue weighted by molar-refractivity contribution is 5.97. The molecule has 3 N–H and O–H groups in total. The predicted molar refractivity (Wildman–Crippen MR) is 163 cm³/mol. The molecular weight excluding hydrogens is 575 g/mol. The Morgan fingerprint density at radius 1 is 1.16 bits per heavy atom. The number of rotatable bonds is 11. The Hall–Kier alpha value is -3.61. The van der Waals surface area contributed by atoms with Crippen molar-refractivity contribution in [2.75, 3.05) is 44.4 Å². The summed E-state index contributed by atoms with van der Waals surface area (Å²) in [5.74, 6) is -0.893. The van der Waals surface area contributed by atoms with E-state index in [9.17, 15) is 22.8 Å². The van der Waals surface area contributed by atoms with Crippen LogP contribution in [-0.2, 0) is 11.0 Å². The lowest BCUT2D eigenvalue weighted by atomic mass is 10.0. The quantitative estimate of drug-likeness (QED) is 0.311. The number of benzene rings is 1. The van der Waals surface area contributed by atoms with Crippen LogP contribution >= 0.6 is 0 Å². The summed E-state index contributed by atoms with van der Waals surface area (Å²) in [5, 5.41) is 8.74. The molecule has 0 bridgehead atoms. The number of nitrogens with zero attached hydrogens (tertiary/aromatic N) is 4. The number of likely N-dealkylation sites (tertiary alicyclic amines) is 1. The fourth-order valence-corrected chi connectivity index (χ4v) is 5.75. The highest BCUT2D eigenvalue weighted by Crippen LogP contribution is 2.37. The Balaban J connectivity index is 1.57. The number of carbonyl (C=O) groups is 2. The largest absolute Gasteiger partial charge is 0.493 e. The van der Waals surface area contributed by atoms with Gasteiger partial charge in [0, 0.05) is 43.1 Å². The maximum Gasteiger partial charge on any atom is 0.421 e. The molecule has 2 atom stereocenters. The standard InChI is InChI=1S/C31H44F3N7O3/c1-6-16-44-26-17-20(10-11-23(26)29(43)41(5)21-12-14-40(4)15-13-21)37-30-35-18-24(31(32,33)34)27(39-30)38-25-9-7-8-22(25)28(42)36-19(2)3/h10-11,17-19,21-22,25H,6-9,12-16H2,1-5H3,(H,36,42)(H2,35,37,38,39)/t22-,25+/m0/s1. The SMILES string of the molecule is CCCOc1cc(Nc2ncc(C(F)(F)F)c(N[C@@H]3CCC[C@@H]3C(=O)NC(C)C)n2)ccc1C(=O)N(C)C1CCN(C)CC1. The van der Waals surface area contributed by atoms with E-state index in [0.717, 1.165) is 38.5 Å². The maximum atomic E-state index is 13.9. The van der Waals surface area contributed by atoms with E-state index in [4.69, 9.17) is 4.74 Å². The topological polar surface area (TPSA) is 112 Å². The molecule has 1 saturated heterocycles. The summed E-state index contributed by atoms with van der Waals surface area (Å²) >= 11 is 0. The smallest absolute Gasteiger partial charge is 0.421 e. The van der Waals surface area contributed by atoms with Crippen LogP contribution in [0.15, 0.2) is 24.4 Å². The molecule has 2 heterocycles. The number of amides is 2. The van der Waals surface area contributed by atoms with Crippen LogP contribution in [0.2, 0.25) is 0 Å². The van der Waals surface area contributed by atoms with Gasteiger partial charge in [-0.2, -0.15) is 18.2 Å². The molecule has 10 nitrogen and oxygen atoms in total. The first-order chi connectivity index (χ1) is 20.9. The van der Waals surface area contributed by atoms with Crippen molar-refractivity contribution in [2.45, 2.75) is 83.6 Å². The maximum absolute atomic E-state index is 13.9. The van der Waals surface area contributed by atoms with Gasteiger partial charge in [0.2, 0.25) is 11.9 Å². The van der Waals surface area contributed by atoms with E-state index >= 15 is 0 Å². The van der Waals surface area contributed by atoms with Gasteiger partial charge in [0.05, 0.1) is 18.1 Å². The summed E-state index contributed by atoms with van der Waals surface area (Å²) in [5.41, 5.74) is -0.147. The molecule has 1 aromatic heterocycles. The second-order valence-corrected chi connectivity index (χ2v) is 12.0. The van der Waals surface area contributed by atoms with Gasteiger partial charge in [-0.3, -0.25) is 9.59 Å². The van der Waals surface area contributed by atoms with Crippen molar-refractivity contribution >= 4 is 29.3 Å². The van der Waals surface area contributed by atoms with Crippen molar-refractivity contribution in [3.05, 3.63) is 35.5 Å². The molecule has 13 heteroatoms. The van der Waals surface area contributed by atoms with E-state index in [1.165, 1.54) is 0 Å². The number of ether oxygens (including phenoxy) is 1. The zero-order valence-corrected chi connectivity index (χ0v) is 26.1. The van der Waals surface area contributed by atoms with Gasteiger partial charge in [-0.25, -0.2) is 4.98 Å². The van der Waals surface area contributed by atoms with Crippen LogP contribution in [0.1, 0.15) is 75.2 Å². The van der Waals surface area contributed by atoms with Crippen LogP contribution < -0.4 is 20.7 Å². The number of alkyl halides is 3. The number of nitrogens with one attached hydrogen (secondary N) is 3. The van der Waals surface area contributed by atoms with Gasteiger partial charge >= 0.3 is 6.18 Å². The average molecular weight is 620 g/mol. The van der Waals surface area contributed by atoms with E-state index in [2.05, 4.69) is 37.9 Å². The lowest BCUT2D eigenvalue weighted by Gasteiger charge is -2.35. The van der Waals surface area contributed by atoms with Crippen molar-refractivity contribution in [1.29, 1.82) is 0 Å². The molecule has 4 rings (SSSR count). The summed E-state index contributed by atoms with van der Waals surface area (Å²) in [6.45, 7) is 7.87. The molecule has 1 aliphatic heterocycles. The van der Waals surface area contributed by atoms with Gasteiger partial charge in [0.1, 0.15) is 17.1 Å². The zero-order valence-electron chi connectivity index (χ0n) is 26.1. The molecule has 2 amide bonds. The van der Waals surface area contributed by atoms with Gasteiger partial charge in [0.25, 0.3) is 5.91 Å². The third-order valence-corrected chi connectivity index (χ3v) is 8.19. The van der Waals surface area contributed by atoms with E-state index in [1.54, 1.807) is 30.1 Å². The number of halogens is 3. The van der Waals surface area contributed by atoms with Crippen LogP contribution in [-0.4, -0.2) is 83.5 Å². The minimum absolute atomic E-state index is 0.0642. The van der Waals surface area contributed by atoms with E-state index < -0.39 is 29.5 Å². The molecule has 2 aliphatic rings. The van der Waals surface area contributed by atoms with Gasteiger partial charge in [-0.15, -0.1) is 0 Å². The lowest BCUT2D eigenvalue weighted by molar-refractivity contribution is -0.137. The molecule has 0 radical (unpaired) electrons. The van der Waals surface area contributed by atoms with Crippen LogP contribution in [0.3, 0.4) is 0 Å². The Labute approximate surface area is 257 Å². The zero-order chi connectivity index (χ0) is 32.0. The Morgan fingerprint density at radius 3 is 2.55 bits per heavy atom. The Bertz CT molecular complexity index is 1300. The number of anilines is 3. The Kier molecular flexibility index (Phi) is 10.9. The molecule has 0 spiro atoms. The molecule has 1 aromatic carbocycles. The van der Waals surface area contributed by atoms with Crippen LogP contribution in [0.5, 0.6) is 5.75 Å². The molecule has 1 aliphatic carbocycles. The first-order valence-corrected chi connectivity index (χ1v) is 15.4. The molecule has 1 saturated carbocycles. The van der Waals surface area contributed by atoms with Gasteiger partial charge in [-0.1, -0.05) is 13.3 Å². The van der Waals surface area contributed by atoms with Crippen molar-refractivity contribution in [2.24, 2.45) is 5.92 Å². The van der Waals surface area contributed by atoms with Crippen LogP contribution in [0.4, 0.5) is 30.6 Å². The van der Waals surface area contributed by atoms with Crippen molar-refractivity contribution in [3.63, 3.8) is 0 Å². The third-order valence-electron chi connectivity index (χ3n) is 8.19. The minimum atomic E-state index is -4.70. The number of aromatic nitrogens is 2. The normalized spacial score (nSPS) is 19.6. The lowest BCUT2D eigenvalue weighted by Crippen LogP contribution is -2.44. The monoisotopic (exact) mass is 619 g/mol. The van der Waals surface area contributed by atoms with Crippen LogP contribution in [0, 0.1) is 5.92 Å². The van der Waals surface area contributed by atoms with Crippen molar-refractivity contribution in [3.8, 4) is 5.75 Å². The molecule has 242 valence electrons. The highest BCUT2D eigenvalue weighted by atomic mass is 19.4. The first-order valence-electron chi connectivity index (χ1n) is 15.4. The molecular formula is C31H44F3N7O3. The average Bonchev–Trinajstić information content (AvgIpc) is 3.43. The minimum Gasteiger partial charge on any atom is -0.493 e. The van der Waals surface area contributed by atoms with Crippen LogP contribution in [0.25, 0.3) is 0 Å². The second-order valence-electron chi connectivity index (χ2n) is 12.0. The number of hydrogen-bond donors (Lipinski definition) is 3. The van der Waals surface area contributed by atoms with E-state index in [1.807, 2.05) is 20.8 Å². The van der Waals surface area contributed by atoms with Gasteiger partial charge in [-0.05, 0) is 78.2 Å². The first kappa shape index (κ1) is 33.3. The third kappa shape index (κ3) is 8.30. The fourth-order valence-electron chi connectivity index (χ4n) is 5.75. The number of hydrogen-bond acceptors (Lipinski definition) is 8. The predicted octanol–water partition coefficient (Wildman–Crippen LogP) is 5.30. The Morgan fingerprint density at radius 2 is 1.89 bits per heavy atom. The number of piperidine rings is 1. The van der Waals surface area contributed by atoms with Gasteiger partial charge in [0.15, 0.2) is 0 Å². The molecule has 0 unspecified atom stereocenters. The summed E-state index contributed by atoms with van der Waals surface area (Å²) in [4.78, 5) is 38.3. The van der Waals surface area contributed by atoms with Crippen molar-refractivity contribution < 1.29 is 27.5 Å². The highest BCUT2D eigenvalue weighted by Gasteiger charge is 2.39.